The summed E-state index contributed by atoms with van der Waals surface area (Å²) in [7, 11) is 0. The fourth-order valence-corrected chi connectivity index (χ4v) is 8.31. The molecular formula is C47H31N5. The highest BCUT2D eigenvalue weighted by atomic mass is 15.3. The number of amidine groups is 1. The Morgan fingerprint density at radius 1 is 0.423 bits per heavy atom. The SMILES string of the molecule is c1ccc(C2N=C(n3c4ccc5ccccc5c4c4c5ccccc5ccc43)N=C(c3cccc4c3c3ccccc3n4-c3ccccc3)N2)cc1. The van der Waals surface area contributed by atoms with E-state index >= 15 is 0 Å². The van der Waals surface area contributed by atoms with Gasteiger partial charge in [-0.3, -0.25) is 4.57 Å². The molecule has 0 bridgehead atoms. The monoisotopic (exact) mass is 665 g/mol. The van der Waals surface area contributed by atoms with Gasteiger partial charge in [-0.05, 0) is 63.5 Å². The Morgan fingerprint density at radius 3 is 1.67 bits per heavy atom. The summed E-state index contributed by atoms with van der Waals surface area (Å²) in [6.45, 7) is 0. The lowest BCUT2D eigenvalue weighted by Crippen LogP contribution is -2.35. The first-order valence-corrected chi connectivity index (χ1v) is 17.7. The van der Waals surface area contributed by atoms with Crippen LogP contribution in [0.2, 0.25) is 0 Å². The molecule has 52 heavy (non-hydrogen) atoms. The van der Waals surface area contributed by atoms with Gasteiger partial charge in [-0.25, -0.2) is 4.99 Å². The molecule has 0 fully saturated rings. The molecule has 0 saturated heterocycles. The van der Waals surface area contributed by atoms with E-state index in [1.807, 2.05) is 6.07 Å². The maximum Gasteiger partial charge on any atom is 0.234 e. The molecule has 10 aromatic rings. The maximum absolute atomic E-state index is 5.48. The minimum absolute atomic E-state index is 0.352. The van der Waals surface area contributed by atoms with Gasteiger partial charge in [0.25, 0.3) is 0 Å². The molecule has 0 aliphatic carbocycles. The van der Waals surface area contributed by atoms with Crippen molar-refractivity contribution in [3.63, 3.8) is 0 Å². The summed E-state index contributed by atoms with van der Waals surface area (Å²) >= 11 is 0. The van der Waals surface area contributed by atoms with E-state index in [9.17, 15) is 0 Å². The van der Waals surface area contributed by atoms with E-state index in [1.54, 1.807) is 0 Å². The highest BCUT2D eigenvalue weighted by Crippen LogP contribution is 2.40. The van der Waals surface area contributed by atoms with Crippen LogP contribution in [-0.4, -0.2) is 20.9 Å². The van der Waals surface area contributed by atoms with Gasteiger partial charge in [0.05, 0.1) is 22.1 Å². The number of rotatable bonds is 3. The van der Waals surface area contributed by atoms with Crippen LogP contribution in [0.3, 0.4) is 0 Å². The molecule has 1 atom stereocenters. The molecule has 1 aliphatic heterocycles. The van der Waals surface area contributed by atoms with Crippen LogP contribution in [0.5, 0.6) is 0 Å². The minimum atomic E-state index is -0.352. The summed E-state index contributed by atoms with van der Waals surface area (Å²) < 4.78 is 4.62. The van der Waals surface area contributed by atoms with Crippen molar-refractivity contribution >= 4 is 77.0 Å². The molecule has 0 spiro atoms. The van der Waals surface area contributed by atoms with Crippen molar-refractivity contribution in [2.24, 2.45) is 9.98 Å². The largest absolute Gasteiger partial charge is 0.344 e. The quantitative estimate of drug-likeness (QED) is 0.201. The Bertz CT molecular complexity index is 3000. The zero-order valence-corrected chi connectivity index (χ0v) is 28.1. The second kappa shape index (κ2) is 11.3. The first kappa shape index (κ1) is 28.8. The first-order chi connectivity index (χ1) is 25.8. The van der Waals surface area contributed by atoms with Crippen LogP contribution in [-0.2, 0) is 0 Å². The number of benzene rings is 8. The zero-order valence-electron chi connectivity index (χ0n) is 28.1. The van der Waals surface area contributed by atoms with E-state index < -0.39 is 0 Å². The molecule has 1 unspecified atom stereocenters. The fraction of sp³-hybridized carbons (Fsp3) is 0.0213. The number of aromatic nitrogens is 2. The molecule has 0 amide bonds. The van der Waals surface area contributed by atoms with Crippen molar-refractivity contribution in [2.75, 3.05) is 0 Å². The molecule has 0 saturated carbocycles. The lowest BCUT2D eigenvalue weighted by Gasteiger charge is -2.24. The third kappa shape index (κ3) is 4.23. The van der Waals surface area contributed by atoms with Gasteiger partial charge in [0.15, 0.2) is 0 Å². The molecule has 2 aromatic heterocycles. The van der Waals surface area contributed by atoms with E-state index in [0.29, 0.717) is 5.96 Å². The molecule has 1 N–H and O–H groups in total. The Balaban J connectivity index is 1.23. The smallest absolute Gasteiger partial charge is 0.234 e. The van der Waals surface area contributed by atoms with Crippen LogP contribution < -0.4 is 5.32 Å². The topological polar surface area (TPSA) is 46.6 Å². The average molecular weight is 666 g/mol. The number of hydrogen-bond acceptors (Lipinski definition) is 3. The molecule has 5 nitrogen and oxygen atoms in total. The highest BCUT2D eigenvalue weighted by Gasteiger charge is 2.27. The number of nitrogens with one attached hydrogen (secondary N) is 1. The van der Waals surface area contributed by atoms with E-state index in [-0.39, 0.29) is 6.17 Å². The van der Waals surface area contributed by atoms with Crippen LogP contribution in [0.1, 0.15) is 17.3 Å². The number of nitrogens with zero attached hydrogens (tertiary/aromatic N) is 4. The van der Waals surface area contributed by atoms with Gasteiger partial charge in [0.1, 0.15) is 12.0 Å². The van der Waals surface area contributed by atoms with Crippen molar-refractivity contribution in [1.82, 2.24) is 14.5 Å². The normalized spacial score (nSPS) is 14.7. The molecule has 5 heteroatoms. The summed E-state index contributed by atoms with van der Waals surface area (Å²) in [6.07, 6.45) is -0.352. The average Bonchev–Trinajstić information content (AvgIpc) is 3.75. The van der Waals surface area contributed by atoms with Gasteiger partial charge < -0.3 is 9.88 Å². The van der Waals surface area contributed by atoms with Crippen molar-refractivity contribution in [3.05, 3.63) is 187 Å². The van der Waals surface area contributed by atoms with Gasteiger partial charge in [0, 0.05) is 32.8 Å². The van der Waals surface area contributed by atoms with Crippen molar-refractivity contribution in [2.45, 2.75) is 6.17 Å². The number of hydrogen-bond donors (Lipinski definition) is 1. The zero-order chi connectivity index (χ0) is 34.2. The number of para-hydroxylation sites is 2. The molecule has 8 aromatic carbocycles. The van der Waals surface area contributed by atoms with E-state index in [1.165, 1.54) is 37.7 Å². The first-order valence-electron chi connectivity index (χ1n) is 17.7. The van der Waals surface area contributed by atoms with Gasteiger partial charge in [-0.15, -0.1) is 0 Å². The standard InChI is InChI=1S/C47H31N5/c1-3-16-32(17-4-1)45-48-46(37-23-13-25-39-42(37)36-22-11-12-24-38(36)51(39)33-18-5-2-6-19-33)50-47(49-45)52-40-28-26-30-14-7-9-20-34(30)43(40)44-35-21-10-8-15-31(35)27-29-41(44)52/h1-29,45H,(H,48,49,50). The third-order valence-electron chi connectivity index (χ3n) is 10.6. The Kier molecular flexibility index (Phi) is 6.25. The second-order valence-corrected chi connectivity index (χ2v) is 13.4. The Labute approximate surface area is 299 Å². The Hall–Kier alpha value is -6.98. The molecular weight excluding hydrogens is 635 g/mol. The fourth-order valence-electron chi connectivity index (χ4n) is 8.31. The predicted octanol–water partition coefficient (Wildman–Crippen LogP) is 11.2. The predicted molar refractivity (Wildman–Crippen MR) is 217 cm³/mol. The lowest BCUT2D eigenvalue weighted by atomic mass is 10.00. The molecule has 3 heterocycles. The molecule has 11 rings (SSSR count). The third-order valence-corrected chi connectivity index (χ3v) is 10.6. The minimum Gasteiger partial charge on any atom is -0.344 e. The van der Waals surface area contributed by atoms with Crippen LogP contribution in [0.4, 0.5) is 0 Å². The Morgan fingerprint density at radius 2 is 0.981 bits per heavy atom. The summed E-state index contributed by atoms with van der Waals surface area (Å²) in [5.74, 6) is 1.44. The van der Waals surface area contributed by atoms with Gasteiger partial charge in [-0.2, -0.15) is 4.99 Å². The maximum atomic E-state index is 5.48. The number of fused-ring (bicyclic) bond motifs is 10. The van der Waals surface area contributed by atoms with Crippen LogP contribution >= 0.6 is 0 Å². The molecule has 244 valence electrons. The lowest BCUT2D eigenvalue weighted by molar-refractivity contribution is 0.669. The van der Waals surface area contributed by atoms with Crippen LogP contribution in [0, 0.1) is 0 Å². The van der Waals surface area contributed by atoms with E-state index in [0.717, 1.165) is 50.1 Å². The number of aliphatic imine (C=N–C) groups is 2. The summed E-state index contributed by atoms with van der Waals surface area (Å²) in [4.78, 5) is 10.9. The highest BCUT2D eigenvalue weighted by molar-refractivity contribution is 6.31. The van der Waals surface area contributed by atoms with Gasteiger partial charge in [0.2, 0.25) is 5.96 Å². The summed E-state index contributed by atoms with van der Waals surface area (Å²) in [5, 5.41) is 13.4. The van der Waals surface area contributed by atoms with Crippen LogP contribution in [0.25, 0.3) is 70.8 Å². The van der Waals surface area contributed by atoms with E-state index in [4.69, 9.17) is 9.98 Å². The molecule has 1 aliphatic rings. The van der Waals surface area contributed by atoms with Crippen LogP contribution in [0.15, 0.2) is 186 Å². The van der Waals surface area contributed by atoms with E-state index in [2.05, 4.69) is 184 Å². The second-order valence-electron chi connectivity index (χ2n) is 13.4. The molecule has 0 radical (unpaired) electrons. The van der Waals surface area contributed by atoms with Gasteiger partial charge >= 0.3 is 0 Å². The summed E-state index contributed by atoms with van der Waals surface area (Å²) in [6, 6.07) is 62.5. The van der Waals surface area contributed by atoms with Crippen molar-refractivity contribution in [3.8, 4) is 5.69 Å². The summed E-state index contributed by atoms with van der Waals surface area (Å²) in [5.41, 5.74) is 7.68. The van der Waals surface area contributed by atoms with Crippen molar-refractivity contribution in [1.29, 1.82) is 0 Å². The van der Waals surface area contributed by atoms with Crippen molar-refractivity contribution < 1.29 is 0 Å². The van der Waals surface area contributed by atoms with Gasteiger partial charge in [-0.1, -0.05) is 140 Å².